The van der Waals surface area contributed by atoms with Crippen LogP contribution in [0.25, 0.3) is 6.08 Å². The van der Waals surface area contributed by atoms with E-state index in [9.17, 15) is 14.0 Å². The lowest BCUT2D eigenvalue weighted by Crippen LogP contribution is -2.34. The van der Waals surface area contributed by atoms with Crippen molar-refractivity contribution in [1.82, 2.24) is 5.32 Å². The minimum Gasteiger partial charge on any atom is -0.352 e. The van der Waals surface area contributed by atoms with Gasteiger partial charge in [0.1, 0.15) is 5.82 Å². The molecule has 202 valence electrons. The van der Waals surface area contributed by atoms with Gasteiger partial charge in [-0.3, -0.25) is 9.59 Å². The van der Waals surface area contributed by atoms with Gasteiger partial charge in [0.15, 0.2) is 0 Å². The van der Waals surface area contributed by atoms with Crippen molar-refractivity contribution in [2.45, 2.75) is 55.2 Å². The second kappa shape index (κ2) is 13.4. The van der Waals surface area contributed by atoms with Crippen LogP contribution in [-0.2, 0) is 11.3 Å². The van der Waals surface area contributed by atoms with Gasteiger partial charge in [0, 0.05) is 22.3 Å². The predicted octanol–water partition coefficient (Wildman–Crippen LogP) is 7.69. The molecule has 3 aromatic carbocycles. The Hall–Kier alpha value is -3.03. The molecule has 1 N–H and O–H groups in total. The van der Waals surface area contributed by atoms with Crippen molar-refractivity contribution in [1.29, 1.82) is 0 Å². The number of amides is 2. The van der Waals surface area contributed by atoms with Gasteiger partial charge < -0.3 is 10.2 Å². The molecule has 1 aliphatic heterocycles. The fraction of sp³-hybridized carbons (Fsp3) is 0.312. The largest absolute Gasteiger partial charge is 0.352 e. The summed E-state index contributed by atoms with van der Waals surface area (Å²) in [5.41, 5.74) is 2.98. The van der Waals surface area contributed by atoms with Gasteiger partial charge in [-0.25, -0.2) is 4.39 Å². The maximum atomic E-state index is 13.7. The summed E-state index contributed by atoms with van der Waals surface area (Å²) in [7, 11) is 0. The molecule has 5 rings (SSSR count). The van der Waals surface area contributed by atoms with Crippen LogP contribution in [0.2, 0.25) is 0 Å². The normalized spacial score (nSPS) is 16.8. The zero-order chi connectivity index (χ0) is 27.0. The summed E-state index contributed by atoms with van der Waals surface area (Å²) in [5.74, 6) is 0.464. The van der Waals surface area contributed by atoms with Crippen LogP contribution in [0.5, 0.6) is 0 Å². The molecule has 0 bridgehead atoms. The van der Waals surface area contributed by atoms with Gasteiger partial charge in [0.05, 0.1) is 17.1 Å². The molecule has 1 saturated carbocycles. The van der Waals surface area contributed by atoms with E-state index in [1.165, 1.54) is 56.0 Å². The molecule has 0 atom stereocenters. The zero-order valence-corrected chi connectivity index (χ0v) is 23.5. The molecule has 2 amide bonds. The Labute approximate surface area is 238 Å². The molecule has 39 heavy (non-hydrogen) atoms. The predicted molar refractivity (Wildman–Crippen MR) is 161 cm³/mol. The second-order valence-corrected chi connectivity index (χ2v) is 12.5. The fourth-order valence-electron chi connectivity index (χ4n) is 4.94. The van der Waals surface area contributed by atoms with Crippen molar-refractivity contribution >= 4 is 47.1 Å². The van der Waals surface area contributed by atoms with E-state index in [1.807, 2.05) is 60.3 Å². The van der Waals surface area contributed by atoms with Crippen LogP contribution >= 0.6 is 23.5 Å². The number of fused-ring (bicyclic) bond motifs is 1. The van der Waals surface area contributed by atoms with E-state index < -0.39 is 0 Å². The van der Waals surface area contributed by atoms with E-state index in [4.69, 9.17) is 0 Å². The number of rotatable bonds is 9. The smallest absolute Gasteiger partial charge is 0.265 e. The van der Waals surface area contributed by atoms with Gasteiger partial charge in [-0.2, -0.15) is 11.8 Å². The van der Waals surface area contributed by atoms with Crippen molar-refractivity contribution in [3.8, 4) is 0 Å². The number of hydrogen-bond acceptors (Lipinski definition) is 4. The highest BCUT2D eigenvalue weighted by Crippen LogP contribution is 2.43. The molecular weight excluding hydrogens is 527 g/mol. The number of carbonyl (C=O) groups excluding carboxylic acids is 2. The first-order chi connectivity index (χ1) is 19.1. The summed E-state index contributed by atoms with van der Waals surface area (Å²) >= 11 is 3.45. The van der Waals surface area contributed by atoms with Crippen molar-refractivity contribution < 1.29 is 14.0 Å². The lowest BCUT2D eigenvalue weighted by atomic mass is 10.0. The molecule has 0 spiro atoms. The average Bonchev–Trinajstić information content (AvgIpc) is 2.97. The molecule has 1 aliphatic carbocycles. The van der Waals surface area contributed by atoms with Crippen molar-refractivity contribution in [3.05, 3.63) is 100 Å². The monoisotopic (exact) mass is 560 g/mol. The summed E-state index contributed by atoms with van der Waals surface area (Å²) in [4.78, 5) is 29.9. The van der Waals surface area contributed by atoms with E-state index >= 15 is 0 Å². The Kier molecular flexibility index (Phi) is 9.43. The molecule has 2 aliphatic rings. The summed E-state index contributed by atoms with van der Waals surface area (Å²) in [6.45, 7) is 0.912. The number of thioether (sulfide) groups is 2. The third-order valence-corrected chi connectivity index (χ3v) is 9.60. The summed E-state index contributed by atoms with van der Waals surface area (Å²) in [6, 6.07) is 21.4. The van der Waals surface area contributed by atoms with Crippen LogP contribution in [0.15, 0.2) is 82.6 Å². The number of anilines is 1. The molecular formula is C32H33FN2O2S2. The maximum Gasteiger partial charge on any atom is 0.265 e. The number of nitrogens with zero attached hydrogens (tertiary/aromatic N) is 1. The van der Waals surface area contributed by atoms with Crippen molar-refractivity contribution in [2.75, 3.05) is 17.2 Å². The van der Waals surface area contributed by atoms with E-state index in [-0.39, 0.29) is 24.2 Å². The lowest BCUT2D eigenvalue weighted by molar-refractivity contribution is -0.114. The van der Waals surface area contributed by atoms with E-state index in [0.29, 0.717) is 22.7 Å². The van der Waals surface area contributed by atoms with Gasteiger partial charge >= 0.3 is 0 Å². The number of halogens is 1. The number of carbonyl (C=O) groups is 2. The molecule has 0 aromatic heterocycles. The highest BCUT2D eigenvalue weighted by Gasteiger charge is 2.30. The van der Waals surface area contributed by atoms with Gasteiger partial charge in [0.25, 0.3) is 11.8 Å². The first-order valence-corrected chi connectivity index (χ1v) is 15.5. The Morgan fingerprint density at radius 1 is 1.03 bits per heavy atom. The molecule has 1 heterocycles. The Bertz CT molecular complexity index is 1320. The Balaban J connectivity index is 1.31. The zero-order valence-electron chi connectivity index (χ0n) is 21.9. The lowest BCUT2D eigenvalue weighted by Gasteiger charge is -2.31. The standard InChI is InChI=1S/C32H33FN2O2S2/c33-26-15-12-24(13-16-26)22-35-28-21-25(31(36)34-18-7-19-38-27-10-5-2-6-11-27)14-17-29(28)39-30(32(35)37)20-23-8-3-1-4-9-23/h1,3-4,8-9,12-17,20-21,27H,2,5-7,10-11,18-19,22H2,(H,34,36). The second-order valence-electron chi connectivity index (χ2n) is 9.96. The molecule has 7 heteroatoms. The number of benzene rings is 3. The first-order valence-electron chi connectivity index (χ1n) is 13.6. The fourth-order valence-corrected chi connectivity index (χ4v) is 7.29. The van der Waals surface area contributed by atoms with Crippen LogP contribution < -0.4 is 10.2 Å². The minimum atomic E-state index is -0.319. The number of hydrogen-bond donors (Lipinski definition) is 1. The number of nitrogens with one attached hydrogen (secondary N) is 1. The van der Waals surface area contributed by atoms with Crippen molar-refractivity contribution in [2.24, 2.45) is 0 Å². The minimum absolute atomic E-state index is 0.134. The Morgan fingerprint density at radius 2 is 1.79 bits per heavy atom. The average molecular weight is 561 g/mol. The molecule has 0 radical (unpaired) electrons. The maximum absolute atomic E-state index is 13.7. The summed E-state index contributed by atoms with van der Waals surface area (Å²) in [6.07, 6.45) is 9.52. The topological polar surface area (TPSA) is 49.4 Å². The summed E-state index contributed by atoms with van der Waals surface area (Å²) < 4.78 is 13.5. The van der Waals surface area contributed by atoms with Gasteiger partial charge in [-0.1, -0.05) is 73.5 Å². The third kappa shape index (κ3) is 7.34. The van der Waals surface area contributed by atoms with E-state index in [0.717, 1.165) is 33.4 Å². The molecule has 0 saturated heterocycles. The van der Waals surface area contributed by atoms with Crippen LogP contribution in [-0.4, -0.2) is 29.4 Å². The quantitative estimate of drug-likeness (QED) is 0.215. The Morgan fingerprint density at radius 3 is 2.56 bits per heavy atom. The van der Waals surface area contributed by atoms with Crippen LogP contribution in [0.4, 0.5) is 10.1 Å². The van der Waals surface area contributed by atoms with Crippen molar-refractivity contribution in [3.63, 3.8) is 0 Å². The first kappa shape index (κ1) is 27.5. The highest BCUT2D eigenvalue weighted by atomic mass is 32.2. The van der Waals surface area contributed by atoms with Crippen LogP contribution in [0.1, 0.15) is 60.0 Å². The van der Waals surface area contributed by atoms with E-state index in [2.05, 4.69) is 5.32 Å². The van der Waals surface area contributed by atoms with Gasteiger partial charge in [0.2, 0.25) is 0 Å². The molecule has 1 fully saturated rings. The summed E-state index contributed by atoms with van der Waals surface area (Å²) in [5, 5.41) is 3.83. The van der Waals surface area contributed by atoms with Crippen LogP contribution in [0, 0.1) is 5.82 Å². The van der Waals surface area contributed by atoms with Gasteiger partial charge in [-0.15, -0.1) is 0 Å². The third-order valence-electron chi connectivity index (χ3n) is 7.05. The molecule has 0 unspecified atom stereocenters. The van der Waals surface area contributed by atoms with E-state index in [1.54, 1.807) is 23.1 Å². The van der Waals surface area contributed by atoms with Crippen LogP contribution in [0.3, 0.4) is 0 Å². The molecule has 4 nitrogen and oxygen atoms in total. The SMILES string of the molecule is O=C(NCCCSC1CCCCC1)c1ccc2c(c1)N(Cc1ccc(F)cc1)C(=O)C(=Cc1ccccc1)S2. The van der Waals surface area contributed by atoms with Gasteiger partial charge in [-0.05, 0) is 72.6 Å². The molecule has 3 aromatic rings. The highest BCUT2D eigenvalue weighted by molar-refractivity contribution is 8.04.